The second-order valence-corrected chi connectivity index (χ2v) is 4.47. The number of hydrogen-bond acceptors (Lipinski definition) is 2. The van der Waals surface area contributed by atoms with Gasteiger partial charge < -0.3 is 10.2 Å². The summed E-state index contributed by atoms with van der Waals surface area (Å²) >= 11 is 3.36. The maximum absolute atomic E-state index is 13.1. The van der Waals surface area contributed by atoms with Gasteiger partial charge >= 0.3 is 0 Å². The summed E-state index contributed by atoms with van der Waals surface area (Å²) in [5.41, 5.74) is 6.38. The Balaban J connectivity index is 2.46. The molecule has 1 aromatic heterocycles. The molecule has 84 valence electrons. The second kappa shape index (κ2) is 4.39. The highest BCUT2D eigenvalue weighted by Gasteiger charge is 2.11. The van der Waals surface area contributed by atoms with Crippen molar-refractivity contribution in [2.24, 2.45) is 5.73 Å². The van der Waals surface area contributed by atoms with Crippen LogP contribution in [0.1, 0.15) is 18.7 Å². The normalized spacial score (nSPS) is 12.8. The Bertz CT molecular complexity index is 507. The molecule has 2 rings (SSSR count). The highest BCUT2D eigenvalue weighted by atomic mass is 79.9. The van der Waals surface area contributed by atoms with E-state index in [9.17, 15) is 4.39 Å². The van der Waals surface area contributed by atoms with Crippen molar-refractivity contribution >= 4 is 15.9 Å². The number of rotatable bonds is 2. The van der Waals surface area contributed by atoms with Gasteiger partial charge in [-0.15, -0.1) is 0 Å². The lowest BCUT2D eigenvalue weighted by Gasteiger charge is -2.02. The van der Waals surface area contributed by atoms with E-state index in [2.05, 4.69) is 15.9 Å². The van der Waals surface area contributed by atoms with Crippen LogP contribution in [-0.2, 0) is 0 Å². The first-order valence-corrected chi connectivity index (χ1v) is 5.68. The van der Waals surface area contributed by atoms with Gasteiger partial charge in [0, 0.05) is 10.0 Å². The summed E-state index contributed by atoms with van der Waals surface area (Å²) in [5.74, 6) is 1.00. The maximum Gasteiger partial charge on any atom is 0.135 e. The Kier molecular flexibility index (Phi) is 3.12. The van der Waals surface area contributed by atoms with Crippen LogP contribution >= 0.6 is 15.9 Å². The summed E-state index contributed by atoms with van der Waals surface area (Å²) in [6.07, 6.45) is 0. The van der Waals surface area contributed by atoms with Crippen LogP contribution in [0, 0.1) is 5.82 Å². The first-order valence-electron chi connectivity index (χ1n) is 4.88. The van der Waals surface area contributed by atoms with Crippen molar-refractivity contribution in [2.75, 3.05) is 0 Å². The van der Waals surface area contributed by atoms with Crippen LogP contribution in [0.3, 0.4) is 0 Å². The first-order chi connectivity index (χ1) is 7.58. The van der Waals surface area contributed by atoms with Gasteiger partial charge in [-0.25, -0.2) is 4.39 Å². The molecule has 1 unspecified atom stereocenters. The minimum Gasteiger partial charge on any atom is -0.459 e. The van der Waals surface area contributed by atoms with Crippen LogP contribution in [-0.4, -0.2) is 0 Å². The predicted molar refractivity (Wildman–Crippen MR) is 64.4 cm³/mol. The Hall–Kier alpha value is -1.13. The molecule has 2 nitrogen and oxygen atoms in total. The summed E-state index contributed by atoms with van der Waals surface area (Å²) in [7, 11) is 0. The molecule has 1 heterocycles. The Morgan fingerprint density at radius 3 is 2.69 bits per heavy atom. The van der Waals surface area contributed by atoms with Crippen molar-refractivity contribution in [3.63, 3.8) is 0 Å². The van der Waals surface area contributed by atoms with Gasteiger partial charge in [0.25, 0.3) is 0 Å². The number of furan rings is 1. The van der Waals surface area contributed by atoms with E-state index in [1.54, 1.807) is 18.2 Å². The molecular weight excluding hydrogens is 273 g/mol. The Morgan fingerprint density at radius 2 is 2.06 bits per heavy atom. The maximum atomic E-state index is 13.1. The summed E-state index contributed by atoms with van der Waals surface area (Å²) in [4.78, 5) is 0. The van der Waals surface area contributed by atoms with Crippen LogP contribution in [0.4, 0.5) is 4.39 Å². The highest BCUT2D eigenvalue weighted by molar-refractivity contribution is 9.10. The molecule has 0 fully saturated rings. The lowest BCUT2D eigenvalue weighted by Crippen LogP contribution is -2.02. The fraction of sp³-hybridized carbons (Fsp3) is 0.167. The van der Waals surface area contributed by atoms with Gasteiger partial charge in [-0.3, -0.25) is 0 Å². The highest BCUT2D eigenvalue weighted by Crippen LogP contribution is 2.31. The van der Waals surface area contributed by atoms with Gasteiger partial charge in [-0.2, -0.15) is 0 Å². The topological polar surface area (TPSA) is 39.2 Å². The molecule has 0 radical (unpaired) electrons. The molecule has 2 aromatic rings. The van der Waals surface area contributed by atoms with Gasteiger partial charge in [0.15, 0.2) is 0 Å². The SMILES string of the molecule is CC(N)c1ccc(-c2cc(F)ccc2Br)o1. The molecule has 0 aliphatic rings. The molecule has 1 aromatic carbocycles. The monoisotopic (exact) mass is 283 g/mol. The molecule has 0 saturated heterocycles. The lowest BCUT2D eigenvalue weighted by atomic mass is 10.2. The van der Waals surface area contributed by atoms with Crippen LogP contribution in [0.5, 0.6) is 0 Å². The molecule has 1 atom stereocenters. The standard InChI is InChI=1S/C12H11BrFNO/c1-7(15)11-4-5-12(16-11)9-6-8(14)2-3-10(9)13/h2-7H,15H2,1H3. The molecule has 0 spiro atoms. The number of benzene rings is 1. The van der Waals surface area contributed by atoms with Crippen LogP contribution in [0.2, 0.25) is 0 Å². The molecule has 4 heteroatoms. The van der Waals surface area contributed by atoms with Crippen molar-refractivity contribution in [3.05, 3.63) is 46.4 Å². The zero-order valence-electron chi connectivity index (χ0n) is 8.71. The van der Waals surface area contributed by atoms with E-state index >= 15 is 0 Å². The molecule has 0 saturated carbocycles. The molecular formula is C12H11BrFNO. The Labute approximate surface area is 101 Å². The smallest absolute Gasteiger partial charge is 0.135 e. The summed E-state index contributed by atoms with van der Waals surface area (Å²) in [6, 6.07) is 7.90. The van der Waals surface area contributed by atoms with Crippen molar-refractivity contribution in [3.8, 4) is 11.3 Å². The van der Waals surface area contributed by atoms with Gasteiger partial charge in [0.2, 0.25) is 0 Å². The number of nitrogens with two attached hydrogens (primary N) is 1. The van der Waals surface area contributed by atoms with E-state index in [0.717, 1.165) is 4.47 Å². The van der Waals surface area contributed by atoms with E-state index in [4.69, 9.17) is 10.2 Å². The first kappa shape index (κ1) is 11.4. The minimum atomic E-state index is -0.294. The van der Waals surface area contributed by atoms with Gasteiger partial charge in [-0.05, 0) is 37.3 Å². The van der Waals surface area contributed by atoms with Crippen molar-refractivity contribution < 1.29 is 8.81 Å². The van der Waals surface area contributed by atoms with Gasteiger partial charge in [0.1, 0.15) is 17.3 Å². The molecule has 0 bridgehead atoms. The summed E-state index contributed by atoms with van der Waals surface area (Å²) in [6.45, 7) is 1.84. The van der Waals surface area contributed by atoms with Gasteiger partial charge in [0.05, 0.1) is 6.04 Å². The Morgan fingerprint density at radius 1 is 1.31 bits per heavy atom. The van der Waals surface area contributed by atoms with Crippen LogP contribution < -0.4 is 5.73 Å². The zero-order chi connectivity index (χ0) is 11.7. The quantitative estimate of drug-likeness (QED) is 0.909. The van der Waals surface area contributed by atoms with Crippen LogP contribution in [0.15, 0.2) is 39.2 Å². The molecule has 16 heavy (non-hydrogen) atoms. The zero-order valence-corrected chi connectivity index (χ0v) is 10.3. The fourth-order valence-corrected chi connectivity index (χ4v) is 1.87. The van der Waals surface area contributed by atoms with Crippen molar-refractivity contribution in [1.29, 1.82) is 0 Å². The lowest BCUT2D eigenvalue weighted by molar-refractivity contribution is 0.490. The molecule has 0 aliphatic heterocycles. The van der Waals surface area contributed by atoms with E-state index in [0.29, 0.717) is 17.1 Å². The van der Waals surface area contributed by atoms with Crippen molar-refractivity contribution in [1.82, 2.24) is 0 Å². The van der Waals surface area contributed by atoms with Gasteiger partial charge in [-0.1, -0.05) is 15.9 Å². The largest absolute Gasteiger partial charge is 0.459 e. The number of halogens is 2. The summed E-state index contributed by atoms with van der Waals surface area (Å²) in [5, 5.41) is 0. The second-order valence-electron chi connectivity index (χ2n) is 3.61. The van der Waals surface area contributed by atoms with E-state index in [1.165, 1.54) is 12.1 Å². The third-order valence-electron chi connectivity index (χ3n) is 2.27. The average molecular weight is 284 g/mol. The number of hydrogen-bond donors (Lipinski definition) is 1. The molecule has 2 N–H and O–H groups in total. The molecule has 0 aliphatic carbocycles. The summed E-state index contributed by atoms with van der Waals surface area (Å²) < 4.78 is 19.4. The molecule has 0 amide bonds. The predicted octanol–water partition coefficient (Wildman–Crippen LogP) is 3.87. The van der Waals surface area contributed by atoms with E-state index in [-0.39, 0.29) is 11.9 Å². The third kappa shape index (κ3) is 2.18. The average Bonchev–Trinajstić information content (AvgIpc) is 2.70. The van der Waals surface area contributed by atoms with Crippen LogP contribution in [0.25, 0.3) is 11.3 Å². The van der Waals surface area contributed by atoms with E-state index in [1.807, 2.05) is 6.92 Å². The van der Waals surface area contributed by atoms with E-state index < -0.39 is 0 Å². The third-order valence-corrected chi connectivity index (χ3v) is 2.96. The fourth-order valence-electron chi connectivity index (χ4n) is 1.43. The minimum absolute atomic E-state index is 0.166. The van der Waals surface area contributed by atoms with Crippen molar-refractivity contribution in [2.45, 2.75) is 13.0 Å².